The Labute approximate surface area is 457 Å². The van der Waals surface area contributed by atoms with Gasteiger partial charge in [0.25, 0.3) is 0 Å². The van der Waals surface area contributed by atoms with Crippen molar-refractivity contribution in [1.29, 1.82) is 0 Å². The molecule has 0 bridgehead atoms. The first-order valence-corrected chi connectivity index (χ1v) is 31.2. The van der Waals surface area contributed by atoms with Crippen LogP contribution in [0.2, 0.25) is 0 Å². The van der Waals surface area contributed by atoms with Crippen LogP contribution in [-0.2, 0) is 28.6 Å². The lowest BCUT2D eigenvalue weighted by Crippen LogP contribution is -2.30. The zero-order chi connectivity index (χ0) is 53.6. The van der Waals surface area contributed by atoms with E-state index in [1.807, 2.05) is 0 Å². The van der Waals surface area contributed by atoms with E-state index in [-0.39, 0.29) is 31.1 Å². The molecule has 0 heterocycles. The van der Waals surface area contributed by atoms with E-state index < -0.39 is 6.10 Å². The summed E-state index contributed by atoms with van der Waals surface area (Å²) in [7, 11) is 0. The second-order valence-electron chi connectivity index (χ2n) is 20.6. The van der Waals surface area contributed by atoms with Crippen LogP contribution in [0.4, 0.5) is 0 Å². The quantitative estimate of drug-likeness (QED) is 0.0261. The summed E-state index contributed by atoms with van der Waals surface area (Å²) in [6.07, 6.45) is 82.6. The summed E-state index contributed by atoms with van der Waals surface area (Å²) in [6, 6.07) is 0. The van der Waals surface area contributed by atoms with Gasteiger partial charge < -0.3 is 14.2 Å². The van der Waals surface area contributed by atoms with Gasteiger partial charge in [-0.25, -0.2) is 0 Å². The molecule has 6 nitrogen and oxygen atoms in total. The summed E-state index contributed by atoms with van der Waals surface area (Å²) >= 11 is 0. The van der Waals surface area contributed by atoms with Crippen molar-refractivity contribution in [3.63, 3.8) is 0 Å². The number of allylic oxidation sites excluding steroid dienone is 16. The molecule has 1 unspecified atom stereocenters. The average molecular weight is 1030 g/mol. The van der Waals surface area contributed by atoms with Gasteiger partial charge in [-0.2, -0.15) is 0 Å². The van der Waals surface area contributed by atoms with Crippen LogP contribution < -0.4 is 0 Å². The average Bonchev–Trinajstić information content (AvgIpc) is 3.40. The van der Waals surface area contributed by atoms with Gasteiger partial charge >= 0.3 is 17.9 Å². The molecule has 0 radical (unpaired) electrons. The normalized spacial score (nSPS) is 12.7. The Bertz CT molecular complexity index is 1460. The van der Waals surface area contributed by atoms with E-state index in [1.165, 1.54) is 135 Å². The molecule has 0 aliphatic heterocycles. The lowest BCUT2D eigenvalue weighted by Gasteiger charge is -2.18. The molecule has 0 aromatic rings. The van der Waals surface area contributed by atoms with Crippen molar-refractivity contribution in [1.82, 2.24) is 0 Å². The van der Waals surface area contributed by atoms with Crippen LogP contribution in [0.3, 0.4) is 0 Å². The van der Waals surface area contributed by atoms with Gasteiger partial charge in [-0.05, 0) is 122 Å². The highest BCUT2D eigenvalue weighted by Gasteiger charge is 2.19. The van der Waals surface area contributed by atoms with Gasteiger partial charge in [-0.1, -0.05) is 253 Å². The lowest BCUT2D eigenvalue weighted by molar-refractivity contribution is -0.167. The molecule has 0 aliphatic rings. The van der Waals surface area contributed by atoms with Gasteiger partial charge in [0, 0.05) is 19.3 Å². The number of hydrogen-bond acceptors (Lipinski definition) is 6. The summed E-state index contributed by atoms with van der Waals surface area (Å²) < 4.78 is 16.9. The molecule has 1 atom stereocenters. The Morgan fingerprint density at radius 1 is 0.284 bits per heavy atom. The van der Waals surface area contributed by atoms with Gasteiger partial charge in [0.15, 0.2) is 6.10 Å². The van der Waals surface area contributed by atoms with Crippen molar-refractivity contribution in [3.8, 4) is 0 Å². The van der Waals surface area contributed by atoms with E-state index in [1.54, 1.807) is 0 Å². The first kappa shape index (κ1) is 70.3. The second kappa shape index (κ2) is 61.9. The Morgan fingerprint density at radius 2 is 0.527 bits per heavy atom. The maximum atomic E-state index is 12.9. The Kier molecular flexibility index (Phi) is 58.8. The molecule has 0 N–H and O–H groups in total. The minimum Gasteiger partial charge on any atom is -0.462 e. The molecule has 0 aromatic heterocycles. The van der Waals surface area contributed by atoms with Gasteiger partial charge in [-0.3, -0.25) is 14.4 Å². The number of hydrogen-bond donors (Lipinski definition) is 0. The smallest absolute Gasteiger partial charge is 0.306 e. The highest BCUT2D eigenvalue weighted by molar-refractivity contribution is 5.71. The molecule has 0 aromatic carbocycles. The maximum Gasteiger partial charge on any atom is 0.306 e. The first-order chi connectivity index (χ1) is 36.5. The fourth-order valence-corrected chi connectivity index (χ4v) is 8.61. The maximum absolute atomic E-state index is 12.9. The van der Waals surface area contributed by atoms with Crippen LogP contribution in [0.1, 0.15) is 297 Å². The summed E-state index contributed by atoms with van der Waals surface area (Å²) in [5.74, 6) is -0.904. The largest absolute Gasteiger partial charge is 0.462 e. The number of carbonyl (C=O) groups is 3. The van der Waals surface area contributed by atoms with Gasteiger partial charge in [0.2, 0.25) is 0 Å². The third-order valence-electron chi connectivity index (χ3n) is 13.3. The SMILES string of the molecule is CC/C=C\C/C=C\C/C=C\C/C=C\C/C=C\CCCCCCCCCCCCCC(=O)OCC(COC(=O)CCCCCCC/C=C\CCCCCCC)OC(=O)CCCCCCC/C=C\C/C=C\CCCCC. The molecule has 0 amide bonds. The number of rotatable bonds is 56. The Balaban J connectivity index is 4.31. The Morgan fingerprint density at radius 3 is 0.865 bits per heavy atom. The van der Waals surface area contributed by atoms with E-state index in [9.17, 15) is 14.4 Å². The number of esters is 3. The molecule has 0 aliphatic carbocycles. The van der Waals surface area contributed by atoms with E-state index in [0.717, 1.165) is 122 Å². The van der Waals surface area contributed by atoms with Gasteiger partial charge in [0.05, 0.1) is 0 Å². The zero-order valence-corrected chi connectivity index (χ0v) is 48.6. The number of carbonyl (C=O) groups excluding carboxylic acids is 3. The van der Waals surface area contributed by atoms with Crippen molar-refractivity contribution in [2.75, 3.05) is 13.2 Å². The second-order valence-corrected chi connectivity index (χ2v) is 20.6. The number of ether oxygens (including phenoxy) is 3. The first-order valence-electron chi connectivity index (χ1n) is 31.2. The van der Waals surface area contributed by atoms with E-state index in [4.69, 9.17) is 14.2 Å². The van der Waals surface area contributed by atoms with Crippen molar-refractivity contribution in [2.45, 2.75) is 303 Å². The minimum absolute atomic E-state index is 0.0866. The van der Waals surface area contributed by atoms with Crippen molar-refractivity contribution < 1.29 is 28.6 Å². The van der Waals surface area contributed by atoms with Crippen LogP contribution in [0.15, 0.2) is 97.2 Å². The summed E-state index contributed by atoms with van der Waals surface area (Å²) in [6.45, 7) is 6.49. The van der Waals surface area contributed by atoms with Crippen molar-refractivity contribution in [3.05, 3.63) is 97.2 Å². The highest BCUT2D eigenvalue weighted by atomic mass is 16.6. The molecule has 74 heavy (non-hydrogen) atoms. The standard InChI is InChI=1S/C68H116O6/c1-4-7-10-13-16-19-22-25-28-29-30-31-32-33-34-35-36-37-38-39-41-43-46-49-52-55-58-61-67(70)73-64-65(63-72-66(69)60-57-54-51-48-45-42-27-24-21-18-15-12-9-6-3)74-68(71)62-59-56-53-50-47-44-40-26-23-20-17-14-11-8-5-2/h7,10,16-17,19-20,24-28,30-31,33-34,40,65H,4-6,8-9,11-15,18,21-23,29,32,35-39,41-64H2,1-3H3/b10-7-,19-16-,20-17-,27-24-,28-25-,31-30-,34-33-,40-26-. The molecular weight excluding hydrogens is 913 g/mol. The molecule has 424 valence electrons. The van der Waals surface area contributed by atoms with Crippen molar-refractivity contribution in [2.24, 2.45) is 0 Å². The minimum atomic E-state index is -0.790. The molecule has 0 fully saturated rings. The summed E-state index contributed by atoms with van der Waals surface area (Å²) in [5, 5.41) is 0. The highest BCUT2D eigenvalue weighted by Crippen LogP contribution is 2.15. The van der Waals surface area contributed by atoms with E-state index in [2.05, 4.69) is 118 Å². The fourth-order valence-electron chi connectivity index (χ4n) is 8.61. The molecule has 0 saturated heterocycles. The molecule has 6 heteroatoms. The predicted octanol–water partition coefficient (Wildman–Crippen LogP) is 21.3. The number of unbranched alkanes of at least 4 members (excludes halogenated alkanes) is 29. The van der Waals surface area contributed by atoms with Crippen LogP contribution in [-0.4, -0.2) is 37.2 Å². The molecule has 0 saturated carbocycles. The summed E-state index contributed by atoms with van der Waals surface area (Å²) in [4.78, 5) is 38.2. The molecule has 0 rings (SSSR count). The van der Waals surface area contributed by atoms with Crippen molar-refractivity contribution >= 4 is 17.9 Å². The Hall–Kier alpha value is -3.67. The third kappa shape index (κ3) is 59.2. The lowest BCUT2D eigenvalue weighted by atomic mass is 10.0. The summed E-state index contributed by atoms with van der Waals surface area (Å²) in [5.41, 5.74) is 0. The van der Waals surface area contributed by atoms with Crippen LogP contribution in [0, 0.1) is 0 Å². The van der Waals surface area contributed by atoms with E-state index >= 15 is 0 Å². The zero-order valence-electron chi connectivity index (χ0n) is 48.6. The van der Waals surface area contributed by atoms with E-state index in [0.29, 0.717) is 19.3 Å². The monoisotopic (exact) mass is 1030 g/mol. The molecular formula is C68H116O6. The van der Waals surface area contributed by atoms with Gasteiger partial charge in [-0.15, -0.1) is 0 Å². The fraction of sp³-hybridized carbons (Fsp3) is 0.721. The van der Waals surface area contributed by atoms with Crippen LogP contribution in [0.25, 0.3) is 0 Å². The van der Waals surface area contributed by atoms with Crippen LogP contribution >= 0.6 is 0 Å². The topological polar surface area (TPSA) is 78.9 Å². The van der Waals surface area contributed by atoms with Gasteiger partial charge in [0.1, 0.15) is 13.2 Å². The molecule has 0 spiro atoms. The van der Waals surface area contributed by atoms with Crippen LogP contribution in [0.5, 0.6) is 0 Å². The third-order valence-corrected chi connectivity index (χ3v) is 13.3. The predicted molar refractivity (Wildman–Crippen MR) is 320 cm³/mol.